The molecule has 0 amide bonds. The van der Waals surface area contributed by atoms with Crippen LogP contribution < -0.4 is 0 Å². The van der Waals surface area contributed by atoms with Crippen molar-refractivity contribution in [3.8, 4) is 0 Å². The summed E-state index contributed by atoms with van der Waals surface area (Å²) < 4.78 is 0. The second-order valence-electron chi connectivity index (χ2n) is 4.09. The summed E-state index contributed by atoms with van der Waals surface area (Å²) in [5.74, 6) is 0. The van der Waals surface area contributed by atoms with Crippen molar-refractivity contribution in [3.63, 3.8) is 0 Å². The minimum absolute atomic E-state index is 0.450. The molecule has 18 heavy (non-hydrogen) atoms. The smallest absolute Gasteiger partial charge is 0.100 e. The molecule has 0 radical (unpaired) electrons. The van der Waals surface area contributed by atoms with E-state index in [2.05, 4.69) is 9.97 Å². The van der Waals surface area contributed by atoms with Gasteiger partial charge in [0, 0.05) is 25.0 Å². The summed E-state index contributed by atoms with van der Waals surface area (Å²) in [5, 5.41) is 10.8. The summed E-state index contributed by atoms with van der Waals surface area (Å²) in [6.45, 7) is 2.05. The molecule has 0 saturated carbocycles. The highest BCUT2D eigenvalue weighted by Gasteiger charge is 2.14. The highest BCUT2D eigenvalue weighted by molar-refractivity contribution is 6.31. The summed E-state index contributed by atoms with van der Waals surface area (Å²) in [7, 11) is 0. The molecule has 1 unspecified atom stereocenters. The van der Waals surface area contributed by atoms with Crippen molar-refractivity contribution < 1.29 is 5.11 Å². The average molecular weight is 263 g/mol. The van der Waals surface area contributed by atoms with Gasteiger partial charge in [0.2, 0.25) is 0 Å². The molecule has 1 N–H and O–H groups in total. The van der Waals surface area contributed by atoms with Gasteiger partial charge in [-0.2, -0.15) is 0 Å². The number of aliphatic hydroxyl groups is 1. The SMILES string of the molecule is CCc1cccnc1C(O)Cc1ccncc1Cl. The van der Waals surface area contributed by atoms with Crippen molar-refractivity contribution in [1.82, 2.24) is 9.97 Å². The van der Waals surface area contributed by atoms with Crippen LogP contribution in [-0.2, 0) is 12.8 Å². The molecule has 3 nitrogen and oxygen atoms in total. The topological polar surface area (TPSA) is 46.0 Å². The van der Waals surface area contributed by atoms with Crippen molar-refractivity contribution in [3.05, 3.63) is 58.6 Å². The van der Waals surface area contributed by atoms with Gasteiger partial charge in [0.25, 0.3) is 0 Å². The zero-order chi connectivity index (χ0) is 13.0. The monoisotopic (exact) mass is 262 g/mol. The minimum Gasteiger partial charge on any atom is -0.386 e. The summed E-state index contributed by atoms with van der Waals surface area (Å²) in [6, 6.07) is 5.69. The lowest BCUT2D eigenvalue weighted by molar-refractivity contribution is 0.172. The van der Waals surface area contributed by atoms with E-state index in [0.29, 0.717) is 11.4 Å². The number of aryl methyl sites for hydroxylation is 1. The van der Waals surface area contributed by atoms with Crippen molar-refractivity contribution in [2.45, 2.75) is 25.9 Å². The van der Waals surface area contributed by atoms with Crippen LogP contribution in [0.3, 0.4) is 0 Å². The van der Waals surface area contributed by atoms with E-state index in [1.165, 1.54) is 0 Å². The molecule has 2 aromatic heterocycles. The lowest BCUT2D eigenvalue weighted by Crippen LogP contribution is -2.07. The molecule has 0 aliphatic carbocycles. The molecule has 2 aromatic rings. The average Bonchev–Trinajstić information content (AvgIpc) is 2.41. The predicted molar refractivity (Wildman–Crippen MR) is 71.5 cm³/mol. The largest absolute Gasteiger partial charge is 0.386 e. The zero-order valence-electron chi connectivity index (χ0n) is 10.2. The Balaban J connectivity index is 2.22. The number of hydrogen-bond acceptors (Lipinski definition) is 3. The van der Waals surface area contributed by atoms with Gasteiger partial charge in [-0.3, -0.25) is 9.97 Å². The van der Waals surface area contributed by atoms with Crippen LogP contribution in [0.15, 0.2) is 36.8 Å². The highest BCUT2D eigenvalue weighted by atomic mass is 35.5. The van der Waals surface area contributed by atoms with Gasteiger partial charge >= 0.3 is 0 Å². The van der Waals surface area contributed by atoms with E-state index in [4.69, 9.17) is 11.6 Å². The number of halogens is 1. The van der Waals surface area contributed by atoms with Gasteiger partial charge in [0.15, 0.2) is 0 Å². The fourth-order valence-corrected chi connectivity index (χ4v) is 2.12. The first-order valence-electron chi connectivity index (χ1n) is 5.92. The first-order valence-corrected chi connectivity index (χ1v) is 6.30. The summed E-state index contributed by atoms with van der Waals surface area (Å²) in [6.07, 6.45) is 5.62. The maximum absolute atomic E-state index is 10.3. The van der Waals surface area contributed by atoms with E-state index >= 15 is 0 Å². The lowest BCUT2D eigenvalue weighted by atomic mass is 10.0. The molecule has 0 aliphatic heterocycles. The van der Waals surface area contributed by atoms with Gasteiger partial charge in [-0.25, -0.2) is 0 Å². The maximum Gasteiger partial charge on any atom is 0.100 e. The Kier molecular flexibility index (Phi) is 4.28. The third-order valence-electron chi connectivity index (χ3n) is 2.89. The number of nitrogens with zero attached hydrogens (tertiary/aromatic N) is 2. The molecule has 4 heteroatoms. The second-order valence-corrected chi connectivity index (χ2v) is 4.50. The molecular formula is C14H15ClN2O. The fourth-order valence-electron chi connectivity index (χ4n) is 1.92. The Labute approximate surface area is 111 Å². The summed E-state index contributed by atoms with van der Waals surface area (Å²) in [4.78, 5) is 8.20. The molecule has 0 fully saturated rings. The summed E-state index contributed by atoms with van der Waals surface area (Å²) >= 11 is 6.04. The fraction of sp³-hybridized carbons (Fsp3) is 0.286. The van der Waals surface area contributed by atoms with E-state index in [1.807, 2.05) is 25.1 Å². The molecule has 2 heterocycles. The Morgan fingerprint density at radius 1 is 1.28 bits per heavy atom. The van der Waals surface area contributed by atoms with E-state index in [9.17, 15) is 5.11 Å². The van der Waals surface area contributed by atoms with Crippen molar-refractivity contribution in [2.24, 2.45) is 0 Å². The van der Waals surface area contributed by atoms with Crippen LogP contribution in [0, 0.1) is 0 Å². The van der Waals surface area contributed by atoms with E-state index in [0.717, 1.165) is 23.2 Å². The number of hydrogen-bond donors (Lipinski definition) is 1. The van der Waals surface area contributed by atoms with Gasteiger partial charge in [-0.15, -0.1) is 0 Å². The Morgan fingerprint density at radius 2 is 2.11 bits per heavy atom. The van der Waals surface area contributed by atoms with Crippen LogP contribution in [0.25, 0.3) is 0 Å². The van der Waals surface area contributed by atoms with Gasteiger partial charge in [-0.05, 0) is 29.7 Å². The standard InChI is InChI=1S/C14H15ClN2O/c1-2-10-4-3-6-17-14(10)13(18)8-11-5-7-16-9-12(11)15/h3-7,9,13,18H,2,8H2,1H3. The van der Waals surface area contributed by atoms with Crippen LogP contribution in [0.1, 0.15) is 29.8 Å². The van der Waals surface area contributed by atoms with Crippen LogP contribution in [0.4, 0.5) is 0 Å². The Bertz CT molecular complexity index is 531. The van der Waals surface area contributed by atoms with Crippen LogP contribution >= 0.6 is 11.6 Å². The molecule has 1 atom stereocenters. The van der Waals surface area contributed by atoms with E-state index in [-0.39, 0.29) is 0 Å². The summed E-state index contributed by atoms with van der Waals surface area (Å²) in [5.41, 5.74) is 2.68. The predicted octanol–water partition coefficient (Wildman–Crippen LogP) is 2.97. The van der Waals surface area contributed by atoms with Crippen LogP contribution in [-0.4, -0.2) is 15.1 Å². The maximum atomic E-state index is 10.3. The normalized spacial score (nSPS) is 12.4. The second kappa shape index (κ2) is 5.94. The van der Waals surface area contributed by atoms with Gasteiger partial charge < -0.3 is 5.11 Å². The molecule has 0 spiro atoms. The Morgan fingerprint density at radius 3 is 2.83 bits per heavy atom. The van der Waals surface area contributed by atoms with Crippen LogP contribution in [0.5, 0.6) is 0 Å². The molecule has 0 bridgehead atoms. The molecule has 0 aliphatic rings. The first-order chi connectivity index (χ1) is 8.72. The first kappa shape index (κ1) is 13.0. The van der Waals surface area contributed by atoms with E-state index < -0.39 is 6.10 Å². The Hall–Kier alpha value is -1.45. The number of aliphatic hydroxyl groups excluding tert-OH is 1. The van der Waals surface area contributed by atoms with Crippen molar-refractivity contribution >= 4 is 11.6 Å². The third kappa shape index (κ3) is 2.86. The molecule has 0 saturated heterocycles. The quantitative estimate of drug-likeness (QED) is 0.921. The van der Waals surface area contributed by atoms with Gasteiger partial charge in [0.05, 0.1) is 10.7 Å². The van der Waals surface area contributed by atoms with E-state index in [1.54, 1.807) is 18.6 Å². The molecule has 0 aromatic carbocycles. The third-order valence-corrected chi connectivity index (χ3v) is 3.23. The zero-order valence-corrected chi connectivity index (χ0v) is 10.9. The van der Waals surface area contributed by atoms with Gasteiger partial charge in [-0.1, -0.05) is 24.6 Å². The van der Waals surface area contributed by atoms with Crippen molar-refractivity contribution in [2.75, 3.05) is 0 Å². The molecule has 94 valence electrons. The van der Waals surface area contributed by atoms with Crippen LogP contribution in [0.2, 0.25) is 5.02 Å². The minimum atomic E-state index is -0.638. The number of aromatic nitrogens is 2. The highest BCUT2D eigenvalue weighted by Crippen LogP contribution is 2.23. The number of pyridine rings is 2. The lowest BCUT2D eigenvalue weighted by Gasteiger charge is -2.14. The van der Waals surface area contributed by atoms with Crippen molar-refractivity contribution in [1.29, 1.82) is 0 Å². The van der Waals surface area contributed by atoms with Gasteiger partial charge in [0.1, 0.15) is 6.10 Å². The molecular weight excluding hydrogens is 248 g/mol. The molecule has 2 rings (SSSR count). The number of rotatable bonds is 4.